The zero-order valence-corrected chi connectivity index (χ0v) is 12.1. The minimum Gasteiger partial charge on any atom is -0.409 e. The number of nitrogens with two attached hydrogens (primary N) is 1. The molecule has 0 aliphatic heterocycles. The van der Waals surface area contributed by atoms with Crippen LogP contribution in [0.25, 0.3) is 0 Å². The zero-order valence-electron chi connectivity index (χ0n) is 11.3. The maximum atomic E-state index is 8.83. The van der Waals surface area contributed by atoms with Crippen molar-refractivity contribution >= 4 is 17.6 Å². The van der Waals surface area contributed by atoms with E-state index in [0.29, 0.717) is 16.9 Å². The number of rotatable bonds is 4. The minimum absolute atomic E-state index is 0.0296. The Labute approximate surface area is 125 Å². The van der Waals surface area contributed by atoms with E-state index in [-0.39, 0.29) is 5.84 Å². The highest BCUT2D eigenvalue weighted by molar-refractivity contribution is 7.99. The predicted molar refractivity (Wildman–Crippen MR) is 76.2 cm³/mol. The Morgan fingerprint density at radius 2 is 2.24 bits per heavy atom. The number of oxime groups is 1. The monoisotopic (exact) mass is 305 g/mol. The molecule has 3 rings (SSSR count). The van der Waals surface area contributed by atoms with Crippen molar-refractivity contribution in [2.45, 2.75) is 41.8 Å². The molecule has 0 unspecified atom stereocenters. The first-order valence-electron chi connectivity index (χ1n) is 6.68. The predicted octanol–water partition coefficient (Wildman–Crippen LogP) is 1.43. The number of hydrogen-bond acceptors (Lipinski definition) is 7. The molecule has 1 aliphatic carbocycles. The molecule has 110 valence electrons. The van der Waals surface area contributed by atoms with Crippen molar-refractivity contribution in [1.29, 1.82) is 0 Å². The highest BCUT2D eigenvalue weighted by atomic mass is 32.2. The second kappa shape index (κ2) is 6.08. The molecule has 1 fully saturated rings. The summed E-state index contributed by atoms with van der Waals surface area (Å²) in [5, 5.41) is 24.5. The van der Waals surface area contributed by atoms with Crippen LogP contribution in [0.5, 0.6) is 0 Å². The Hall–Kier alpha value is -2.16. The molecule has 0 bridgehead atoms. The van der Waals surface area contributed by atoms with E-state index in [0.717, 1.165) is 17.7 Å². The van der Waals surface area contributed by atoms with Gasteiger partial charge in [-0.1, -0.05) is 18.0 Å². The van der Waals surface area contributed by atoms with Gasteiger partial charge >= 0.3 is 0 Å². The summed E-state index contributed by atoms with van der Waals surface area (Å²) >= 11 is 1.37. The largest absolute Gasteiger partial charge is 0.409 e. The molecular formula is C12H15N7OS. The van der Waals surface area contributed by atoms with Crippen LogP contribution in [0.3, 0.4) is 0 Å². The molecule has 0 atom stereocenters. The fraction of sp³-hybridized carbons (Fsp3) is 0.417. The number of tetrazole rings is 1. The molecule has 0 amide bonds. The average molecular weight is 305 g/mol. The molecule has 8 nitrogen and oxygen atoms in total. The summed E-state index contributed by atoms with van der Waals surface area (Å²) in [6, 6.07) is 3.99. The molecule has 2 aromatic heterocycles. The lowest BCUT2D eigenvalue weighted by Crippen LogP contribution is -2.16. The highest BCUT2D eigenvalue weighted by Gasteiger charge is 2.22. The molecule has 2 heterocycles. The van der Waals surface area contributed by atoms with Crippen LogP contribution in [0.15, 0.2) is 33.5 Å². The van der Waals surface area contributed by atoms with E-state index in [2.05, 4.69) is 25.7 Å². The third kappa shape index (κ3) is 2.82. The van der Waals surface area contributed by atoms with Gasteiger partial charge < -0.3 is 10.9 Å². The van der Waals surface area contributed by atoms with Crippen LogP contribution in [-0.2, 0) is 0 Å². The molecule has 0 aromatic carbocycles. The lowest BCUT2D eigenvalue weighted by atomic mass is 10.3. The first kappa shape index (κ1) is 13.8. The molecule has 1 saturated carbocycles. The Morgan fingerprint density at radius 1 is 1.43 bits per heavy atom. The Bertz CT molecular complexity index is 651. The van der Waals surface area contributed by atoms with Crippen molar-refractivity contribution in [2.75, 3.05) is 0 Å². The van der Waals surface area contributed by atoms with Crippen molar-refractivity contribution in [3.05, 3.63) is 24.0 Å². The van der Waals surface area contributed by atoms with Crippen molar-refractivity contribution in [1.82, 2.24) is 25.2 Å². The Morgan fingerprint density at radius 3 is 3.00 bits per heavy atom. The number of amidine groups is 1. The van der Waals surface area contributed by atoms with Crippen molar-refractivity contribution in [3.8, 4) is 0 Å². The third-order valence-corrected chi connectivity index (χ3v) is 4.46. The maximum Gasteiger partial charge on any atom is 0.214 e. The van der Waals surface area contributed by atoms with Crippen LogP contribution in [0, 0.1) is 0 Å². The second-order valence-corrected chi connectivity index (χ2v) is 5.79. The van der Waals surface area contributed by atoms with E-state index in [1.54, 1.807) is 12.3 Å². The van der Waals surface area contributed by atoms with E-state index < -0.39 is 0 Å². The topological polar surface area (TPSA) is 115 Å². The number of hydrogen-bond donors (Lipinski definition) is 2. The van der Waals surface area contributed by atoms with Crippen molar-refractivity contribution in [2.24, 2.45) is 10.9 Å². The molecule has 0 saturated heterocycles. The summed E-state index contributed by atoms with van der Waals surface area (Å²) in [6.45, 7) is 0. The lowest BCUT2D eigenvalue weighted by molar-refractivity contribution is 0.318. The molecule has 0 spiro atoms. The summed E-state index contributed by atoms with van der Waals surface area (Å²) in [5.74, 6) is -0.0296. The smallest absolute Gasteiger partial charge is 0.214 e. The van der Waals surface area contributed by atoms with Gasteiger partial charge in [-0.15, -0.1) is 5.10 Å². The van der Waals surface area contributed by atoms with Crippen LogP contribution in [-0.4, -0.2) is 36.2 Å². The fourth-order valence-corrected chi connectivity index (χ4v) is 3.40. The van der Waals surface area contributed by atoms with Crippen LogP contribution < -0.4 is 5.73 Å². The molecule has 21 heavy (non-hydrogen) atoms. The van der Waals surface area contributed by atoms with Crippen LogP contribution in [0.1, 0.15) is 37.4 Å². The number of aromatic nitrogens is 5. The summed E-state index contributed by atoms with van der Waals surface area (Å²) < 4.78 is 1.86. The molecule has 1 aliphatic rings. The summed E-state index contributed by atoms with van der Waals surface area (Å²) in [5.41, 5.74) is 6.07. The van der Waals surface area contributed by atoms with Gasteiger partial charge in [-0.2, -0.15) is 0 Å². The second-order valence-electron chi connectivity index (χ2n) is 4.78. The van der Waals surface area contributed by atoms with Crippen LogP contribution in [0.4, 0.5) is 0 Å². The van der Waals surface area contributed by atoms with Crippen LogP contribution in [0.2, 0.25) is 0 Å². The summed E-state index contributed by atoms with van der Waals surface area (Å²) in [6.07, 6.45) is 6.20. The SMILES string of the molecule is N/C(=N/O)c1ncccc1Sc1nnnn1C1CCCC1. The first-order chi connectivity index (χ1) is 10.3. The van der Waals surface area contributed by atoms with Gasteiger partial charge in [0.25, 0.3) is 0 Å². The summed E-state index contributed by atoms with van der Waals surface area (Å²) in [7, 11) is 0. The van der Waals surface area contributed by atoms with E-state index in [1.165, 1.54) is 24.6 Å². The Balaban J connectivity index is 1.89. The van der Waals surface area contributed by atoms with Crippen molar-refractivity contribution < 1.29 is 5.21 Å². The van der Waals surface area contributed by atoms with E-state index >= 15 is 0 Å². The molecule has 2 aromatic rings. The average Bonchev–Trinajstić information content (AvgIpc) is 3.17. The highest BCUT2D eigenvalue weighted by Crippen LogP contribution is 2.34. The Kier molecular flexibility index (Phi) is 4.00. The molecule has 0 radical (unpaired) electrons. The maximum absolute atomic E-state index is 8.83. The van der Waals surface area contributed by atoms with E-state index in [4.69, 9.17) is 10.9 Å². The van der Waals surface area contributed by atoms with Gasteiger partial charge in [-0.3, -0.25) is 4.98 Å². The lowest BCUT2D eigenvalue weighted by Gasteiger charge is -2.11. The molecule has 9 heteroatoms. The van der Waals surface area contributed by atoms with Gasteiger partial charge in [-0.25, -0.2) is 4.68 Å². The fourth-order valence-electron chi connectivity index (χ4n) is 2.44. The number of pyridine rings is 1. The summed E-state index contributed by atoms with van der Waals surface area (Å²) in [4.78, 5) is 4.89. The third-order valence-electron chi connectivity index (χ3n) is 3.46. The van der Waals surface area contributed by atoms with Gasteiger partial charge in [0.1, 0.15) is 5.69 Å². The standard InChI is InChI=1S/C12H15N7OS/c13-11(16-20)10-9(6-3-7-14-10)21-12-15-17-18-19(12)8-4-1-2-5-8/h3,6-8,20H,1-2,4-5H2,(H2,13,16). The minimum atomic E-state index is -0.0296. The van der Waals surface area contributed by atoms with Gasteiger partial charge in [0, 0.05) is 11.1 Å². The molecular weight excluding hydrogens is 290 g/mol. The van der Waals surface area contributed by atoms with Crippen LogP contribution >= 0.6 is 11.8 Å². The zero-order chi connectivity index (χ0) is 14.7. The van der Waals surface area contributed by atoms with E-state index in [9.17, 15) is 0 Å². The van der Waals surface area contributed by atoms with Gasteiger partial charge in [-0.05, 0) is 47.2 Å². The quantitative estimate of drug-likeness (QED) is 0.380. The number of nitrogens with zero attached hydrogens (tertiary/aromatic N) is 6. The van der Waals surface area contributed by atoms with Gasteiger partial charge in [0.15, 0.2) is 5.84 Å². The van der Waals surface area contributed by atoms with Gasteiger partial charge in [0.05, 0.1) is 6.04 Å². The van der Waals surface area contributed by atoms with Gasteiger partial charge in [0.2, 0.25) is 5.16 Å². The van der Waals surface area contributed by atoms with E-state index in [1.807, 2.05) is 10.7 Å². The normalized spacial score (nSPS) is 16.5. The molecule has 3 N–H and O–H groups in total. The van der Waals surface area contributed by atoms with Crippen molar-refractivity contribution in [3.63, 3.8) is 0 Å². The first-order valence-corrected chi connectivity index (χ1v) is 7.50.